The van der Waals surface area contributed by atoms with Crippen LogP contribution < -0.4 is 10.5 Å². The highest BCUT2D eigenvalue weighted by Crippen LogP contribution is 2.34. The summed E-state index contributed by atoms with van der Waals surface area (Å²) in [7, 11) is 0. The van der Waals surface area contributed by atoms with E-state index in [1.807, 2.05) is 0 Å². The summed E-state index contributed by atoms with van der Waals surface area (Å²) in [5.41, 5.74) is 3.80. The van der Waals surface area contributed by atoms with E-state index in [0.717, 1.165) is 13.1 Å². The molecule has 0 radical (unpaired) electrons. The van der Waals surface area contributed by atoms with Crippen LogP contribution >= 0.6 is 0 Å². The molecule has 0 unspecified atom stereocenters. The number of carbonyl (C=O) groups excluding carboxylic acids is 1. The third-order valence-electron chi connectivity index (χ3n) is 6.29. The van der Waals surface area contributed by atoms with Crippen LogP contribution in [-0.2, 0) is 11.2 Å². The van der Waals surface area contributed by atoms with Crippen molar-refractivity contribution in [1.29, 1.82) is 0 Å². The average Bonchev–Trinajstić information content (AvgIpc) is 2.76. The van der Waals surface area contributed by atoms with Crippen LogP contribution in [0.2, 0.25) is 0 Å². The number of benzene rings is 2. The van der Waals surface area contributed by atoms with Crippen molar-refractivity contribution in [2.24, 2.45) is 0 Å². The van der Waals surface area contributed by atoms with Gasteiger partial charge in [-0.15, -0.1) is 0 Å². The molecule has 7 nitrogen and oxygen atoms in total. The number of amides is 1. The Bertz CT molecular complexity index is 1220. The molecule has 1 aromatic heterocycles. The highest BCUT2D eigenvalue weighted by molar-refractivity contribution is 5.89. The molecule has 2 N–H and O–H groups in total. The smallest absolute Gasteiger partial charge is 0.340 e. The maximum atomic E-state index is 12.9. The molecule has 1 fully saturated rings. The molecule has 7 heteroatoms. The first kappa shape index (κ1) is 20.8. The molecule has 1 aliphatic heterocycles. The fourth-order valence-corrected chi connectivity index (χ4v) is 4.17. The molecule has 0 bridgehead atoms. The Kier molecular flexibility index (Phi) is 5.35. The van der Waals surface area contributed by atoms with E-state index in [-0.39, 0.29) is 29.2 Å². The quantitative estimate of drug-likeness (QED) is 0.498. The number of piperazine rings is 1. The van der Waals surface area contributed by atoms with Crippen LogP contribution in [-0.4, -0.2) is 47.2 Å². The van der Waals surface area contributed by atoms with Gasteiger partial charge in [0.15, 0.2) is 11.3 Å². The zero-order chi connectivity index (χ0) is 22.3. The van der Waals surface area contributed by atoms with Crippen LogP contribution in [0, 0.1) is 20.8 Å². The van der Waals surface area contributed by atoms with Gasteiger partial charge in [0.1, 0.15) is 0 Å². The topological polar surface area (TPSA) is 94.2 Å². The van der Waals surface area contributed by atoms with Crippen LogP contribution in [0.5, 0.6) is 11.5 Å². The van der Waals surface area contributed by atoms with Gasteiger partial charge < -0.3 is 24.4 Å². The van der Waals surface area contributed by atoms with Crippen molar-refractivity contribution < 1.29 is 19.4 Å². The van der Waals surface area contributed by atoms with Gasteiger partial charge in [0.05, 0.1) is 12.0 Å². The summed E-state index contributed by atoms with van der Waals surface area (Å²) in [4.78, 5) is 29.5. The zero-order valence-electron chi connectivity index (χ0n) is 17.9. The second kappa shape index (κ2) is 7.98. The van der Waals surface area contributed by atoms with Gasteiger partial charge in [0.2, 0.25) is 11.7 Å². The van der Waals surface area contributed by atoms with Crippen molar-refractivity contribution in [3.8, 4) is 11.5 Å². The van der Waals surface area contributed by atoms with E-state index in [1.54, 1.807) is 17.9 Å². The van der Waals surface area contributed by atoms with Crippen molar-refractivity contribution in [2.45, 2.75) is 27.2 Å². The van der Waals surface area contributed by atoms with Crippen molar-refractivity contribution in [3.63, 3.8) is 0 Å². The van der Waals surface area contributed by atoms with Crippen molar-refractivity contribution in [3.05, 3.63) is 63.0 Å². The molecule has 0 saturated carbocycles. The number of hydrogen-bond acceptors (Lipinski definition) is 6. The summed E-state index contributed by atoms with van der Waals surface area (Å²) in [6, 6.07) is 9.16. The van der Waals surface area contributed by atoms with Crippen LogP contribution in [0.25, 0.3) is 11.0 Å². The summed E-state index contributed by atoms with van der Waals surface area (Å²) in [5.74, 6) is -0.961. The van der Waals surface area contributed by atoms with E-state index in [9.17, 15) is 19.8 Å². The first-order valence-corrected chi connectivity index (χ1v) is 10.3. The molecule has 0 spiro atoms. The minimum Gasteiger partial charge on any atom is -0.504 e. The molecule has 2 heterocycles. The van der Waals surface area contributed by atoms with Crippen LogP contribution in [0.3, 0.4) is 0 Å². The van der Waals surface area contributed by atoms with Gasteiger partial charge in [-0.3, -0.25) is 4.79 Å². The zero-order valence-corrected chi connectivity index (χ0v) is 17.9. The number of fused-ring (bicyclic) bond motifs is 1. The molecule has 2 aromatic carbocycles. The summed E-state index contributed by atoms with van der Waals surface area (Å²) in [5, 5.41) is 20.1. The van der Waals surface area contributed by atoms with E-state index < -0.39 is 11.4 Å². The number of phenolic OH excluding ortho intramolecular Hbond substituents is 2. The van der Waals surface area contributed by atoms with Crippen molar-refractivity contribution >= 4 is 22.6 Å². The van der Waals surface area contributed by atoms with Crippen molar-refractivity contribution in [2.75, 3.05) is 31.1 Å². The van der Waals surface area contributed by atoms with Crippen molar-refractivity contribution in [1.82, 2.24) is 4.90 Å². The molecule has 4 rings (SSSR count). The predicted molar refractivity (Wildman–Crippen MR) is 119 cm³/mol. The Morgan fingerprint density at radius 3 is 2.42 bits per heavy atom. The highest BCUT2D eigenvalue weighted by Gasteiger charge is 2.25. The third-order valence-corrected chi connectivity index (χ3v) is 6.29. The number of aromatic hydroxyl groups is 2. The van der Waals surface area contributed by atoms with E-state index in [1.165, 1.54) is 22.9 Å². The molecule has 1 amide bonds. The van der Waals surface area contributed by atoms with Gasteiger partial charge in [0, 0.05) is 37.3 Å². The van der Waals surface area contributed by atoms with E-state index in [0.29, 0.717) is 24.0 Å². The normalized spacial score (nSPS) is 14.3. The Morgan fingerprint density at radius 1 is 1.00 bits per heavy atom. The molecule has 0 aliphatic carbocycles. The Hall–Kier alpha value is -3.48. The Morgan fingerprint density at radius 2 is 1.71 bits per heavy atom. The SMILES string of the molecule is Cc1cccc(N2CCN(C(=O)Cc3c(C)c4ccc(O)c(O)c4oc3=O)CC2)c1C. The molecule has 1 aliphatic rings. The standard InChI is InChI=1S/C24H26N2O5/c1-14-5-4-6-19(15(14)2)25-9-11-26(12-10-25)21(28)13-18-16(3)17-7-8-20(27)22(29)23(17)31-24(18)30/h4-8,27,29H,9-13H2,1-3H3. The number of rotatable bonds is 3. The van der Waals surface area contributed by atoms with E-state index >= 15 is 0 Å². The number of hydrogen-bond donors (Lipinski definition) is 2. The summed E-state index contributed by atoms with van der Waals surface area (Å²) in [6.45, 7) is 8.55. The minimum absolute atomic E-state index is 0.0603. The van der Waals surface area contributed by atoms with Crippen LogP contribution in [0.1, 0.15) is 22.3 Å². The second-order valence-corrected chi connectivity index (χ2v) is 8.07. The number of phenols is 2. The van der Waals surface area contributed by atoms with Gasteiger partial charge in [-0.2, -0.15) is 0 Å². The van der Waals surface area contributed by atoms with Crippen LogP contribution in [0.15, 0.2) is 39.5 Å². The second-order valence-electron chi connectivity index (χ2n) is 8.07. The van der Waals surface area contributed by atoms with Gasteiger partial charge in [0.25, 0.3) is 0 Å². The van der Waals surface area contributed by atoms with Crippen LogP contribution in [0.4, 0.5) is 5.69 Å². The molecular weight excluding hydrogens is 396 g/mol. The average molecular weight is 422 g/mol. The number of carbonyl (C=O) groups is 1. The monoisotopic (exact) mass is 422 g/mol. The summed E-state index contributed by atoms with van der Waals surface area (Å²) >= 11 is 0. The lowest BCUT2D eigenvalue weighted by molar-refractivity contribution is -0.130. The van der Waals surface area contributed by atoms with Gasteiger partial charge in [-0.05, 0) is 55.7 Å². The molecule has 1 saturated heterocycles. The molecule has 162 valence electrons. The van der Waals surface area contributed by atoms with Gasteiger partial charge >= 0.3 is 5.63 Å². The maximum Gasteiger partial charge on any atom is 0.340 e. The highest BCUT2D eigenvalue weighted by atomic mass is 16.4. The Balaban J connectivity index is 1.51. The Labute approximate surface area is 180 Å². The van der Waals surface area contributed by atoms with Gasteiger partial charge in [-0.25, -0.2) is 4.79 Å². The first-order valence-electron chi connectivity index (χ1n) is 10.3. The summed E-state index contributed by atoms with van der Waals surface area (Å²) < 4.78 is 5.23. The van der Waals surface area contributed by atoms with E-state index in [2.05, 4.69) is 36.9 Å². The number of anilines is 1. The molecule has 3 aromatic rings. The molecule has 0 atom stereocenters. The lowest BCUT2D eigenvalue weighted by Crippen LogP contribution is -2.49. The summed E-state index contributed by atoms with van der Waals surface area (Å²) in [6.07, 6.45) is -0.0603. The lowest BCUT2D eigenvalue weighted by atomic mass is 10.0. The number of nitrogens with zero attached hydrogens (tertiary/aromatic N) is 2. The number of aryl methyl sites for hydroxylation is 2. The van der Waals surface area contributed by atoms with E-state index in [4.69, 9.17) is 4.42 Å². The predicted octanol–water partition coefficient (Wildman–Crippen LogP) is 3.02. The fourth-order valence-electron chi connectivity index (χ4n) is 4.17. The minimum atomic E-state index is -0.673. The first-order chi connectivity index (χ1) is 14.8. The lowest BCUT2D eigenvalue weighted by Gasteiger charge is -2.37. The fraction of sp³-hybridized carbons (Fsp3) is 0.333. The van der Waals surface area contributed by atoms with Gasteiger partial charge in [-0.1, -0.05) is 12.1 Å². The molecular formula is C24H26N2O5. The largest absolute Gasteiger partial charge is 0.504 e. The maximum absolute atomic E-state index is 12.9. The third kappa shape index (κ3) is 3.71. The molecule has 31 heavy (non-hydrogen) atoms.